The van der Waals surface area contributed by atoms with E-state index in [0.29, 0.717) is 24.0 Å². The molecule has 7 N–H and O–H groups in total. The third-order valence-corrected chi connectivity index (χ3v) is 8.09. The number of anilines is 1. The van der Waals surface area contributed by atoms with Gasteiger partial charge in [0.15, 0.2) is 16.8 Å². The smallest absolute Gasteiger partial charge is 0.250 e. The molecular weight excluding hydrogens is 415 g/mol. The largest absolute Gasteiger partial charge is 0.394 e. The Morgan fingerprint density at radius 2 is 2.10 bits per heavy atom. The highest BCUT2D eigenvalue weighted by Crippen LogP contribution is 2.55. The fraction of sp³-hybridized carbons (Fsp3) is 0.688. The summed E-state index contributed by atoms with van der Waals surface area (Å²) in [5.74, 6) is 0.213. The number of aromatic nitrogens is 4. The molecule has 11 nitrogen and oxygen atoms in total. The lowest BCUT2D eigenvalue weighted by molar-refractivity contribution is -0.132. The zero-order valence-electron chi connectivity index (χ0n) is 16.7. The molecule has 161 valence electrons. The highest BCUT2D eigenvalue weighted by molar-refractivity contribution is 7.43. The predicted molar refractivity (Wildman–Crippen MR) is 110 cm³/mol. The van der Waals surface area contributed by atoms with Gasteiger partial charge in [0.05, 0.1) is 12.9 Å². The van der Waals surface area contributed by atoms with Crippen LogP contribution in [0, 0.1) is 0 Å². The molecule has 1 fully saturated rings. The molecule has 29 heavy (non-hydrogen) atoms. The van der Waals surface area contributed by atoms with Crippen molar-refractivity contribution in [1.29, 1.82) is 0 Å². The quantitative estimate of drug-likeness (QED) is 0.280. The minimum absolute atomic E-state index is 0.213. The molecule has 3 heterocycles. The predicted octanol–water partition coefficient (Wildman–Crippen LogP) is 0.230. The standard InChI is InChI=1S/C16H28N6O5PSi/c1-4-5-6-15(27-28(18)25)12(24)10(7-23)26-16(15,29(2)3)22-9-21-11-13(17)19-8-20-14(11)22/h8-10,12,23-25H,4-7,18H2,1-3H3,(H2,17,19,20)/t10-,12-,15-,16+,28?/m1/s1. The van der Waals surface area contributed by atoms with Gasteiger partial charge in [-0.05, 0) is 6.42 Å². The van der Waals surface area contributed by atoms with Crippen LogP contribution in [-0.4, -0.2) is 67.8 Å². The van der Waals surface area contributed by atoms with Crippen molar-refractivity contribution in [2.75, 3.05) is 12.3 Å². The van der Waals surface area contributed by atoms with Crippen LogP contribution in [-0.2, 0) is 14.6 Å². The van der Waals surface area contributed by atoms with Crippen molar-refractivity contribution in [2.45, 2.75) is 62.4 Å². The van der Waals surface area contributed by atoms with Gasteiger partial charge in [0, 0.05) is 0 Å². The molecule has 1 radical (unpaired) electrons. The number of nitrogens with zero attached hydrogens (tertiary/aromatic N) is 4. The first-order valence-corrected chi connectivity index (χ1v) is 13.2. The molecule has 2 aromatic heterocycles. The Kier molecular flexibility index (Phi) is 6.56. The van der Waals surface area contributed by atoms with Crippen LogP contribution in [0.2, 0.25) is 13.1 Å². The molecule has 3 rings (SSSR count). The fourth-order valence-corrected chi connectivity index (χ4v) is 7.18. The first-order chi connectivity index (χ1) is 13.7. The number of aliphatic hydroxyl groups excluding tert-OH is 2. The molecule has 13 heteroatoms. The highest BCUT2D eigenvalue weighted by Gasteiger charge is 2.69. The van der Waals surface area contributed by atoms with Crippen molar-refractivity contribution < 1.29 is 24.4 Å². The number of hydrogen-bond donors (Lipinski definition) is 5. The van der Waals surface area contributed by atoms with E-state index in [1.54, 1.807) is 4.57 Å². The second kappa shape index (κ2) is 8.48. The lowest BCUT2D eigenvalue weighted by Crippen LogP contribution is -2.64. The summed E-state index contributed by atoms with van der Waals surface area (Å²) in [7, 11) is -3.84. The summed E-state index contributed by atoms with van der Waals surface area (Å²) in [6.45, 7) is 5.57. The molecular formula is C16H28N6O5PSi. The molecule has 0 aromatic carbocycles. The van der Waals surface area contributed by atoms with Crippen molar-refractivity contribution in [2.24, 2.45) is 5.50 Å². The molecule has 1 aliphatic rings. The molecule has 0 aliphatic carbocycles. The first-order valence-electron chi connectivity index (χ1n) is 9.39. The van der Waals surface area contributed by atoms with Crippen molar-refractivity contribution >= 4 is 34.3 Å². The molecule has 5 atom stereocenters. The van der Waals surface area contributed by atoms with Crippen LogP contribution in [0.3, 0.4) is 0 Å². The van der Waals surface area contributed by atoms with Crippen LogP contribution < -0.4 is 11.2 Å². The van der Waals surface area contributed by atoms with Crippen molar-refractivity contribution in [3.8, 4) is 0 Å². The van der Waals surface area contributed by atoms with Crippen LogP contribution in [0.4, 0.5) is 5.82 Å². The number of nitrogens with two attached hydrogens (primary N) is 2. The Balaban J connectivity index is 2.33. The van der Waals surface area contributed by atoms with Gasteiger partial charge >= 0.3 is 0 Å². The monoisotopic (exact) mass is 443 g/mol. The Hall–Kier alpha value is -1.24. The lowest BCUT2D eigenvalue weighted by atomic mass is 9.88. The number of aliphatic hydroxyl groups is 2. The average Bonchev–Trinajstić information content (AvgIpc) is 3.20. The summed E-state index contributed by atoms with van der Waals surface area (Å²) in [5, 5.41) is 19.9. The number of nitrogen functional groups attached to an aromatic ring is 1. The lowest BCUT2D eigenvalue weighted by Gasteiger charge is -2.48. The van der Waals surface area contributed by atoms with Gasteiger partial charge in [-0.15, -0.1) is 0 Å². The topological polar surface area (TPSA) is 175 Å². The SMILES string of the molecule is CCCC[C@@]1(OP(N)O)[C@H](O)[C@@H](CO)O[C@]1(n1cnc2c(N)ncnc21)[Si](C)C. The number of imidazole rings is 1. The Labute approximate surface area is 171 Å². The average molecular weight is 443 g/mol. The third-order valence-electron chi connectivity index (χ3n) is 5.44. The Bertz CT molecular complexity index is 856. The van der Waals surface area contributed by atoms with Crippen LogP contribution >= 0.6 is 8.53 Å². The molecule has 1 unspecified atom stereocenters. The molecule has 1 saturated heterocycles. The summed E-state index contributed by atoms with van der Waals surface area (Å²) in [6, 6.07) is 0. The summed E-state index contributed by atoms with van der Waals surface area (Å²) in [6.07, 6.45) is 2.55. The maximum absolute atomic E-state index is 11.2. The van der Waals surface area contributed by atoms with Gasteiger partial charge < -0.3 is 30.1 Å². The van der Waals surface area contributed by atoms with E-state index >= 15 is 0 Å². The van der Waals surface area contributed by atoms with E-state index in [0.717, 1.165) is 6.42 Å². The summed E-state index contributed by atoms with van der Waals surface area (Å²) in [5.41, 5.74) is 11.1. The minimum atomic E-state index is -2.33. The molecule has 0 bridgehead atoms. The van der Waals surface area contributed by atoms with Crippen LogP contribution in [0.25, 0.3) is 11.2 Å². The van der Waals surface area contributed by atoms with E-state index in [-0.39, 0.29) is 5.82 Å². The van der Waals surface area contributed by atoms with E-state index in [2.05, 4.69) is 15.0 Å². The van der Waals surface area contributed by atoms with Crippen molar-refractivity contribution in [3.05, 3.63) is 12.7 Å². The number of fused-ring (bicyclic) bond motifs is 1. The molecule has 0 spiro atoms. The summed E-state index contributed by atoms with van der Waals surface area (Å²) in [4.78, 5) is 22.7. The molecule has 1 aliphatic heterocycles. The van der Waals surface area contributed by atoms with E-state index in [4.69, 9.17) is 20.5 Å². The molecule has 2 aromatic rings. The van der Waals surface area contributed by atoms with Gasteiger partial charge in [-0.1, -0.05) is 32.9 Å². The van der Waals surface area contributed by atoms with Crippen LogP contribution in [0.1, 0.15) is 26.2 Å². The van der Waals surface area contributed by atoms with E-state index in [1.165, 1.54) is 12.7 Å². The number of rotatable bonds is 8. The van der Waals surface area contributed by atoms with Gasteiger partial charge in [-0.2, -0.15) is 0 Å². The number of ether oxygens (including phenoxy) is 1. The van der Waals surface area contributed by atoms with E-state index in [9.17, 15) is 15.1 Å². The maximum atomic E-state index is 11.2. The zero-order valence-corrected chi connectivity index (χ0v) is 18.6. The van der Waals surface area contributed by atoms with Crippen LogP contribution in [0.5, 0.6) is 0 Å². The van der Waals surface area contributed by atoms with Crippen LogP contribution in [0.15, 0.2) is 12.7 Å². The minimum Gasteiger partial charge on any atom is -0.394 e. The summed E-state index contributed by atoms with van der Waals surface area (Å²) < 4.78 is 14.0. The third kappa shape index (κ3) is 3.37. The van der Waals surface area contributed by atoms with Gasteiger partial charge in [0.2, 0.25) is 0 Å². The van der Waals surface area contributed by atoms with Crippen molar-refractivity contribution in [1.82, 2.24) is 19.5 Å². The van der Waals surface area contributed by atoms with E-state index in [1.807, 2.05) is 20.0 Å². The second-order valence-corrected chi connectivity index (χ2v) is 10.8. The Morgan fingerprint density at radius 3 is 2.69 bits per heavy atom. The van der Waals surface area contributed by atoms with Gasteiger partial charge in [0.1, 0.15) is 38.4 Å². The number of hydrogen-bond acceptors (Lipinski definition) is 10. The molecule has 0 amide bonds. The number of unbranched alkanes of at least 4 members (excludes halogenated alkanes) is 1. The van der Waals surface area contributed by atoms with Gasteiger partial charge in [-0.25, -0.2) is 15.0 Å². The first kappa shape index (κ1) is 22.4. The van der Waals surface area contributed by atoms with Crippen molar-refractivity contribution in [3.63, 3.8) is 0 Å². The fourth-order valence-electron chi connectivity index (χ4n) is 4.23. The maximum Gasteiger partial charge on any atom is 0.250 e. The zero-order chi connectivity index (χ0) is 21.4. The second-order valence-electron chi connectivity index (χ2n) is 7.36. The molecule has 0 saturated carbocycles. The highest BCUT2D eigenvalue weighted by atomic mass is 31.2. The normalized spacial score (nSPS) is 31.0. The Morgan fingerprint density at radius 1 is 1.38 bits per heavy atom. The van der Waals surface area contributed by atoms with E-state index < -0.39 is 47.1 Å². The summed E-state index contributed by atoms with van der Waals surface area (Å²) >= 11 is 0. The van der Waals surface area contributed by atoms with Gasteiger partial charge in [0.25, 0.3) is 8.53 Å². The van der Waals surface area contributed by atoms with Gasteiger partial charge in [-0.3, -0.25) is 10.1 Å².